The summed E-state index contributed by atoms with van der Waals surface area (Å²) in [5.41, 5.74) is 4.83. The fraction of sp³-hybridized carbons (Fsp3) is 0.250. The van der Waals surface area contributed by atoms with E-state index in [0.717, 1.165) is 11.5 Å². The molecule has 0 aliphatic rings. The fourth-order valence-corrected chi connectivity index (χ4v) is 1.51. The zero-order valence-electron chi connectivity index (χ0n) is 9.26. The van der Waals surface area contributed by atoms with Crippen LogP contribution in [0.2, 0.25) is 0 Å². The van der Waals surface area contributed by atoms with Crippen LogP contribution in [0.5, 0.6) is 0 Å². The number of nitrogens with one attached hydrogen (secondary N) is 2. The molecule has 0 fully saturated rings. The van der Waals surface area contributed by atoms with E-state index in [4.69, 9.17) is 0 Å². The number of hydrogen-bond donors (Lipinski definition) is 2. The van der Waals surface area contributed by atoms with Crippen LogP contribution in [0, 0.1) is 13.8 Å². The van der Waals surface area contributed by atoms with Gasteiger partial charge in [-0.25, -0.2) is 0 Å². The minimum absolute atomic E-state index is 0.864. The summed E-state index contributed by atoms with van der Waals surface area (Å²) < 4.78 is 0. The standard InChI is InChI=1S/C12H15N3/c1-8-4-5-10(6-9(8)2)11-7-12(13-3)15-14-11/h4-7H,1-3H3,(H2,13,14,15). The normalized spacial score (nSPS) is 10.3. The quantitative estimate of drug-likeness (QED) is 0.784. The van der Waals surface area contributed by atoms with E-state index in [-0.39, 0.29) is 0 Å². The van der Waals surface area contributed by atoms with Crippen molar-refractivity contribution in [2.45, 2.75) is 13.8 Å². The first-order valence-corrected chi connectivity index (χ1v) is 5.01. The maximum atomic E-state index is 4.13. The molecule has 0 aliphatic carbocycles. The predicted octanol–water partition coefficient (Wildman–Crippen LogP) is 2.74. The van der Waals surface area contributed by atoms with E-state index in [0.29, 0.717) is 0 Å². The van der Waals surface area contributed by atoms with Crippen molar-refractivity contribution in [2.75, 3.05) is 12.4 Å². The van der Waals surface area contributed by atoms with Crippen LogP contribution < -0.4 is 5.32 Å². The molecule has 0 saturated heterocycles. The van der Waals surface area contributed by atoms with Gasteiger partial charge in [-0.05, 0) is 36.6 Å². The van der Waals surface area contributed by atoms with Gasteiger partial charge in [0.05, 0.1) is 5.69 Å². The molecule has 1 heterocycles. The van der Waals surface area contributed by atoms with E-state index in [1.165, 1.54) is 16.7 Å². The van der Waals surface area contributed by atoms with Crippen LogP contribution in [0.3, 0.4) is 0 Å². The van der Waals surface area contributed by atoms with Gasteiger partial charge in [-0.15, -0.1) is 0 Å². The zero-order chi connectivity index (χ0) is 10.8. The lowest BCUT2D eigenvalue weighted by molar-refractivity contribution is 1.09. The van der Waals surface area contributed by atoms with Crippen molar-refractivity contribution in [2.24, 2.45) is 0 Å². The average Bonchev–Trinajstić information content (AvgIpc) is 2.70. The Morgan fingerprint density at radius 3 is 2.53 bits per heavy atom. The SMILES string of the molecule is CNc1cc(-c2ccc(C)c(C)c2)[nH]n1. The van der Waals surface area contributed by atoms with Gasteiger partial charge in [0, 0.05) is 13.1 Å². The highest BCUT2D eigenvalue weighted by Crippen LogP contribution is 2.21. The van der Waals surface area contributed by atoms with Gasteiger partial charge in [0.25, 0.3) is 0 Å². The molecule has 0 aliphatic heterocycles. The topological polar surface area (TPSA) is 40.7 Å². The van der Waals surface area contributed by atoms with Gasteiger partial charge < -0.3 is 5.32 Å². The molecule has 0 saturated carbocycles. The van der Waals surface area contributed by atoms with Gasteiger partial charge in [-0.3, -0.25) is 5.10 Å². The van der Waals surface area contributed by atoms with E-state index >= 15 is 0 Å². The number of H-pyrrole nitrogens is 1. The Morgan fingerprint density at radius 2 is 1.93 bits per heavy atom. The lowest BCUT2D eigenvalue weighted by atomic mass is 10.0. The van der Waals surface area contributed by atoms with Crippen molar-refractivity contribution in [3.05, 3.63) is 35.4 Å². The molecule has 0 atom stereocenters. The Kier molecular flexibility index (Phi) is 2.46. The van der Waals surface area contributed by atoms with Gasteiger partial charge in [-0.1, -0.05) is 12.1 Å². The molecule has 3 nitrogen and oxygen atoms in total. The number of benzene rings is 1. The van der Waals surface area contributed by atoms with E-state index in [2.05, 4.69) is 47.6 Å². The molecule has 1 aromatic carbocycles. The third-order valence-corrected chi connectivity index (χ3v) is 2.65. The predicted molar refractivity (Wildman–Crippen MR) is 63.0 cm³/mol. The largest absolute Gasteiger partial charge is 0.372 e. The third kappa shape index (κ3) is 1.86. The summed E-state index contributed by atoms with van der Waals surface area (Å²) in [7, 11) is 1.86. The van der Waals surface area contributed by atoms with E-state index in [9.17, 15) is 0 Å². The average molecular weight is 201 g/mol. The molecule has 0 spiro atoms. The molecule has 0 bridgehead atoms. The first kappa shape index (κ1) is 9.77. The van der Waals surface area contributed by atoms with Crippen LogP contribution >= 0.6 is 0 Å². The van der Waals surface area contributed by atoms with Crippen LogP contribution in [0.15, 0.2) is 24.3 Å². The summed E-state index contributed by atoms with van der Waals surface area (Å²) in [5.74, 6) is 0.864. The van der Waals surface area contributed by atoms with E-state index < -0.39 is 0 Å². The van der Waals surface area contributed by atoms with Crippen molar-refractivity contribution in [3.63, 3.8) is 0 Å². The Bertz CT molecular complexity index is 471. The van der Waals surface area contributed by atoms with Crippen molar-refractivity contribution < 1.29 is 0 Å². The van der Waals surface area contributed by atoms with Gasteiger partial charge in [0.2, 0.25) is 0 Å². The van der Waals surface area contributed by atoms with Crippen molar-refractivity contribution in [1.82, 2.24) is 10.2 Å². The molecule has 2 rings (SSSR count). The van der Waals surface area contributed by atoms with Crippen LogP contribution in [0.1, 0.15) is 11.1 Å². The maximum absolute atomic E-state index is 4.13. The summed E-state index contributed by atoms with van der Waals surface area (Å²) in [6.07, 6.45) is 0. The number of anilines is 1. The fourth-order valence-electron chi connectivity index (χ4n) is 1.51. The Balaban J connectivity index is 2.40. The van der Waals surface area contributed by atoms with Gasteiger partial charge in [0.1, 0.15) is 5.82 Å². The Hall–Kier alpha value is -1.77. The zero-order valence-corrected chi connectivity index (χ0v) is 9.26. The molecule has 3 heteroatoms. The number of aromatic nitrogens is 2. The molecule has 78 valence electrons. The molecule has 2 aromatic rings. The monoisotopic (exact) mass is 201 g/mol. The van der Waals surface area contributed by atoms with E-state index in [1.54, 1.807) is 0 Å². The molecule has 15 heavy (non-hydrogen) atoms. The Labute approximate surface area is 89.5 Å². The highest BCUT2D eigenvalue weighted by atomic mass is 15.2. The van der Waals surface area contributed by atoms with Crippen molar-refractivity contribution >= 4 is 5.82 Å². The first-order valence-electron chi connectivity index (χ1n) is 5.01. The number of rotatable bonds is 2. The lowest BCUT2D eigenvalue weighted by Gasteiger charge is -2.02. The van der Waals surface area contributed by atoms with Crippen LogP contribution in [0.25, 0.3) is 11.3 Å². The van der Waals surface area contributed by atoms with E-state index in [1.807, 2.05) is 13.1 Å². The highest BCUT2D eigenvalue weighted by Gasteiger charge is 2.03. The Morgan fingerprint density at radius 1 is 1.13 bits per heavy atom. The van der Waals surface area contributed by atoms with Crippen molar-refractivity contribution in [1.29, 1.82) is 0 Å². The molecule has 2 N–H and O–H groups in total. The van der Waals surface area contributed by atoms with Crippen LogP contribution in [-0.2, 0) is 0 Å². The van der Waals surface area contributed by atoms with Gasteiger partial charge >= 0.3 is 0 Å². The number of aromatic amines is 1. The third-order valence-electron chi connectivity index (χ3n) is 2.65. The number of aryl methyl sites for hydroxylation is 2. The summed E-state index contributed by atoms with van der Waals surface area (Å²) >= 11 is 0. The number of nitrogens with zero attached hydrogens (tertiary/aromatic N) is 1. The highest BCUT2D eigenvalue weighted by molar-refractivity contribution is 5.63. The molecule has 1 aromatic heterocycles. The second kappa shape index (κ2) is 3.77. The summed E-state index contributed by atoms with van der Waals surface area (Å²) in [4.78, 5) is 0. The molecule has 0 amide bonds. The van der Waals surface area contributed by atoms with Crippen LogP contribution in [-0.4, -0.2) is 17.2 Å². The maximum Gasteiger partial charge on any atom is 0.148 e. The first-order chi connectivity index (χ1) is 7.20. The molecule has 0 unspecified atom stereocenters. The minimum atomic E-state index is 0.864. The molecular formula is C12H15N3. The van der Waals surface area contributed by atoms with Gasteiger partial charge in [0.15, 0.2) is 0 Å². The van der Waals surface area contributed by atoms with Gasteiger partial charge in [-0.2, -0.15) is 5.10 Å². The van der Waals surface area contributed by atoms with Crippen molar-refractivity contribution in [3.8, 4) is 11.3 Å². The number of hydrogen-bond acceptors (Lipinski definition) is 2. The summed E-state index contributed by atoms with van der Waals surface area (Å²) in [6, 6.07) is 8.41. The second-order valence-electron chi connectivity index (χ2n) is 3.72. The molecule has 0 radical (unpaired) electrons. The second-order valence-corrected chi connectivity index (χ2v) is 3.72. The van der Waals surface area contributed by atoms with Crippen LogP contribution in [0.4, 0.5) is 5.82 Å². The summed E-state index contributed by atoms with van der Waals surface area (Å²) in [6.45, 7) is 4.24. The minimum Gasteiger partial charge on any atom is -0.372 e. The lowest BCUT2D eigenvalue weighted by Crippen LogP contribution is -1.85. The molecular weight excluding hydrogens is 186 g/mol. The smallest absolute Gasteiger partial charge is 0.148 e. The summed E-state index contributed by atoms with van der Waals surface area (Å²) in [5, 5.41) is 10.1.